The summed E-state index contributed by atoms with van der Waals surface area (Å²) in [6.45, 7) is 0.666. The molecule has 24 heavy (non-hydrogen) atoms. The number of aromatic nitrogens is 4. The molecular formula is C14H18ClN5O4. The normalized spacial score (nSPS) is 12.1. The first kappa shape index (κ1) is 18.1. The fourth-order valence-electron chi connectivity index (χ4n) is 2.12. The number of nitrogens with zero attached hydrogens (tertiary/aromatic N) is 5. The monoisotopic (exact) mass is 355 g/mol. The summed E-state index contributed by atoms with van der Waals surface area (Å²) in [6.07, 6.45) is 0.140. The topological polar surface area (TPSA) is 103 Å². The number of hydrogen-bond donors (Lipinski definition) is 1. The van der Waals surface area contributed by atoms with Crippen LogP contribution in [0.15, 0.2) is 30.6 Å². The molecule has 0 spiro atoms. The van der Waals surface area contributed by atoms with Gasteiger partial charge in [-0.15, -0.1) is 10.2 Å². The maximum Gasteiger partial charge on any atom is 0.409 e. The van der Waals surface area contributed by atoms with E-state index in [1.165, 1.54) is 11.1 Å². The van der Waals surface area contributed by atoms with Crippen molar-refractivity contribution in [2.75, 3.05) is 27.1 Å². The number of rotatable bonds is 9. The fourth-order valence-corrected chi connectivity index (χ4v) is 2.38. The van der Waals surface area contributed by atoms with Crippen molar-refractivity contribution in [2.24, 2.45) is 0 Å². The predicted octanol–water partition coefficient (Wildman–Crippen LogP) is 1.67. The largest absolute Gasteiger partial charge is 0.465 e. The van der Waals surface area contributed by atoms with Crippen LogP contribution in [0.2, 0.25) is 5.02 Å². The van der Waals surface area contributed by atoms with Gasteiger partial charge < -0.3 is 14.6 Å². The van der Waals surface area contributed by atoms with E-state index in [9.17, 15) is 9.90 Å². The summed E-state index contributed by atoms with van der Waals surface area (Å²) in [5.41, 5.74) is 0.634. The first-order chi connectivity index (χ1) is 11.6. The average molecular weight is 356 g/mol. The minimum absolute atomic E-state index is 0.136. The first-order valence-corrected chi connectivity index (χ1v) is 7.52. The van der Waals surface area contributed by atoms with E-state index in [2.05, 4.69) is 15.4 Å². The van der Waals surface area contributed by atoms with Gasteiger partial charge in [0.05, 0.1) is 25.8 Å². The van der Waals surface area contributed by atoms with Gasteiger partial charge in [-0.25, -0.2) is 4.79 Å². The van der Waals surface area contributed by atoms with Crippen LogP contribution in [-0.4, -0.2) is 63.4 Å². The lowest BCUT2D eigenvalue weighted by molar-refractivity contribution is -0.0113. The van der Waals surface area contributed by atoms with Crippen LogP contribution in [0.25, 0.3) is 0 Å². The molecule has 0 saturated carbocycles. The third-order valence-electron chi connectivity index (χ3n) is 3.28. The second kappa shape index (κ2) is 9.16. The molecule has 1 amide bonds. The molecule has 2 aromatic rings. The van der Waals surface area contributed by atoms with Gasteiger partial charge in [0, 0.05) is 12.1 Å². The molecule has 1 aromatic heterocycles. The van der Waals surface area contributed by atoms with Crippen LogP contribution < -0.4 is 0 Å². The highest BCUT2D eigenvalue weighted by Gasteiger charge is 2.28. The van der Waals surface area contributed by atoms with E-state index in [-0.39, 0.29) is 19.9 Å². The Labute approximate surface area is 143 Å². The van der Waals surface area contributed by atoms with Crippen molar-refractivity contribution in [2.45, 2.75) is 12.6 Å². The van der Waals surface area contributed by atoms with Gasteiger partial charge in [0.15, 0.2) is 6.33 Å². The van der Waals surface area contributed by atoms with Crippen molar-refractivity contribution in [1.29, 1.82) is 0 Å². The van der Waals surface area contributed by atoms with Crippen molar-refractivity contribution in [3.63, 3.8) is 0 Å². The Kier molecular flexibility index (Phi) is 6.91. The van der Waals surface area contributed by atoms with Gasteiger partial charge in [0.25, 0.3) is 0 Å². The summed E-state index contributed by atoms with van der Waals surface area (Å²) in [4.78, 5) is 14.2. The molecule has 1 aromatic carbocycles. The molecule has 0 bridgehead atoms. The molecule has 1 unspecified atom stereocenters. The number of halogens is 1. The summed E-state index contributed by atoms with van der Waals surface area (Å²) in [7, 11) is 1.54. The van der Waals surface area contributed by atoms with Gasteiger partial charge in [0.1, 0.15) is 6.73 Å². The van der Waals surface area contributed by atoms with Gasteiger partial charge in [-0.3, -0.25) is 4.90 Å². The zero-order valence-electron chi connectivity index (χ0n) is 13.1. The van der Waals surface area contributed by atoms with E-state index in [1.54, 1.807) is 31.4 Å². The van der Waals surface area contributed by atoms with Crippen molar-refractivity contribution >= 4 is 17.7 Å². The van der Waals surface area contributed by atoms with Crippen molar-refractivity contribution in [3.8, 4) is 0 Å². The third kappa shape index (κ3) is 4.88. The van der Waals surface area contributed by atoms with E-state index in [0.29, 0.717) is 17.2 Å². The summed E-state index contributed by atoms with van der Waals surface area (Å²) in [5, 5.41) is 21.4. The number of tetrazole rings is 1. The molecule has 0 aliphatic carbocycles. The fraction of sp³-hybridized carbons (Fsp3) is 0.429. The zero-order valence-corrected chi connectivity index (χ0v) is 13.8. The number of ether oxygens (including phenoxy) is 2. The summed E-state index contributed by atoms with van der Waals surface area (Å²) >= 11 is 6.25. The van der Waals surface area contributed by atoms with Crippen molar-refractivity contribution in [1.82, 2.24) is 25.1 Å². The molecule has 1 atom stereocenters. The number of methoxy groups -OCH3 is 1. The summed E-state index contributed by atoms with van der Waals surface area (Å²) in [6, 6.07) is 6.39. The molecule has 1 N–H and O–H groups in total. The van der Waals surface area contributed by atoms with E-state index in [1.807, 2.05) is 0 Å². The molecule has 0 radical (unpaired) electrons. The van der Waals surface area contributed by atoms with Crippen molar-refractivity contribution < 1.29 is 19.4 Å². The molecule has 0 aliphatic rings. The van der Waals surface area contributed by atoms with Gasteiger partial charge in [-0.05, 0) is 16.8 Å². The molecule has 130 valence electrons. The summed E-state index contributed by atoms with van der Waals surface area (Å²) < 4.78 is 10.3. The Morgan fingerprint density at radius 3 is 2.83 bits per heavy atom. The average Bonchev–Trinajstić information content (AvgIpc) is 3.07. The van der Waals surface area contributed by atoms with Crippen LogP contribution in [0.5, 0.6) is 0 Å². The van der Waals surface area contributed by atoms with Gasteiger partial charge in [0.2, 0.25) is 0 Å². The molecule has 0 aliphatic heterocycles. The molecule has 10 heteroatoms. The van der Waals surface area contributed by atoms with Crippen LogP contribution in [-0.2, 0) is 16.0 Å². The summed E-state index contributed by atoms with van der Waals surface area (Å²) in [5.74, 6) is 0. The van der Waals surface area contributed by atoms with Crippen molar-refractivity contribution in [3.05, 3.63) is 41.2 Å². The maximum atomic E-state index is 11.7. The SMILES string of the molecule is COCCOCN(C(=O)O)C(Cn1ncnn1)c1ccccc1Cl. The lowest BCUT2D eigenvalue weighted by Crippen LogP contribution is -2.38. The van der Waals surface area contributed by atoms with Gasteiger partial charge >= 0.3 is 6.09 Å². The van der Waals surface area contributed by atoms with E-state index >= 15 is 0 Å². The zero-order chi connectivity index (χ0) is 17.4. The molecule has 0 saturated heterocycles. The molecular weight excluding hydrogens is 338 g/mol. The van der Waals surface area contributed by atoms with Crippen LogP contribution in [0.4, 0.5) is 4.79 Å². The Balaban J connectivity index is 2.24. The lowest BCUT2D eigenvalue weighted by Gasteiger charge is -2.29. The second-order valence-electron chi connectivity index (χ2n) is 4.81. The van der Waals surface area contributed by atoms with Gasteiger partial charge in [-0.2, -0.15) is 4.80 Å². The highest BCUT2D eigenvalue weighted by atomic mass is 35.5. The standard InChI is InChI=1S/C14H18ClN5O4/c1-23-6-7-24-10-19(14(21)22)13(8-20-17-9-16-18-20)11-4-2-3-5-12(11)15/h2-5,9,13H,6-8,10H2,1H3,(H,21,22). The van der Waals surface area contributed by atoms with E-state index in [4.69, 9.17) is 21.1 Å². The Bertz CT molecular complexity index is 640. The number of carboxylic acid groups (broad SMARTS) is 1. The molecule has 2 rings (SSSR count). The minimum Gasteiger partial charge on any atom is -0.465 e. The van der Waals surface area contributed by atoms with Crippen LogP contribution >= 0.6 is 11.6 Å². The maximum absolute atomic E-state index is 11.7. The van der Waals surface area contributed by atoms with Gasteiger partial charge in [-0.1, -0.05) is 29.8 Å². The Morgan fingerprint density at radius 2 is 2.21 bits per heavy atom. The van der Waals surface area contributed by atoms with E-state index < -0.39 is 12.1 Å². The van der Waals surface area contributed by atoms with Crippen LogP contribution in [0.3, 0.4) is 0 Å². The molecule has 9 nitrogen and oxygen atoms in total. The first-order valence-electron chi connectivity index (χ1n) is 7.15. The van der Waals surface area contributed by atoms with Crippen LogP contribution in [0, 0.1) is 0 Å². The number of amides is 1. The molecule has 1 heterocycles. The minimum atomic E-state index is -1.14. The Morgan fingerprint density at radius 1 is 1.42 bits per heavy atom. The highest BCUT2D eigenvalue weighted by molar-refractivity contribution is 6.31. The Hall–Kier alpha value is -2.23. The molecule has 0 fully saturated rings. The number of benzene rings is 1. The third-order valence-corrected chi connectivity index (χ3v) is 3.62. The van der Waals surface area contributed by atoms with E-state index in [0.717, 1.165) is 4.90 Å². The number of carbonyl (C=O) groups is 1. The van der Waals surface area contributed by atoms with Crippen LogP contribution in [0.1, 0.15) is 11.6 Å². The lowest BCUT2D eigenvalue weighted by atomic mass is 10.1. The highest BCUT2D eigenvalue weighted by Crippen LogP contribution is 2.28. The smallest absolute Gasteiger partial charge is 0.409 e. The second-order valence-corrected chi connectivity index (χ2v) is 5.22. The quantitative estimate of drug-likeness (QED) is 0.539. The number of hydrogen-bond acceptors (Lipinski definition) is 6. The predicted molar refractivity (Wildman–Crippen MR) is 84.6 cm³/mol.